The Morgan fingerprint density at radius 3 is 2.50 bits per heavy atom. The zero-order valence-electron chi connectivity index (χ0n) is 10.2. The average Bonchev–Trinajstić information content (AvgIpc) is 2.90. The van der Waals surface area contributed by atoms with Gasteiger partial charge in [0.05, 0.1) is 12.2 Å². The second-order valence-electron chi connectivity index (χ2n) is 4.56. The lowest BCUT2D eigenvalue weighted by atomic mass is 10.1. The Labute approximate surface area is 114 Å². The number of hydrogen-bond acceptors (Lipinski definition) is 2. The van der Waals surface area contributed by atoms with E-state index in [1.165, 1.54) is 24.0 Å². The highest BCUT2D eigenvalue weighted by atomic mass is 35.5. The third-order valence-corrected chi connectivity index (χ3v) is 3.39. The number of halogens is 1. The summed E-state index contributed by atoms with van der Waals surface area (Å²) in [5.74, 6) is 0. The first kappa shape index (κ1) is 13.1. The molecule has 96 valence electrons. The lowest BCUT2D eigenvalue weighted by Crippen LogP contribution is -2.29. The molecule has 1 aromatic carbocycles. The summed E-state index contributed by atoms with van der Waals surface area (Å²) in [6, 6.07) is 11.0. The van der Waals surface area contributed by atoms with Gasteiger partial charge in [0.25, 0.3) is 0 Å². The van der Waals surface area contributed by atoms with Crippen LogP contribution in [0.15, 0.2) is 42.7 Å². The van der Waals surface area contributed by atoms with Gasteiger partial charge in [0, 0.05) is 11.8 Å². The van der Waals surface area contributed by atoms with Gasteiger partial charge in [-0.3, -0.25) is 4.68 Å². The van der Waals surface area contributed by atoms with Crippen LogP contribution in [0.2, 0.25) is 0 Å². The first-order chi connectivity index (χ1) is 8.43. The summed E-state index contributed by atoms with van der Waals surface area (Å²) in [4.78, 5) is 0. The molecule has 0 radical (unpaired) electrons. The van der Waals surface area contributed by atoms with Crippen molar-refractivity contribution in [3.05, 3.63) is 42.7 Å². The van der Waals surface area contributed by atoms with E-state index in [0.29, 0.717) is 6.04 Å². The zero-order chi connectivity index (χ0) is 11.5. The van der Waals surface area contributed by atoms with Crippen molar-refractivity contribution < 1.29 is 0 Å². The number of nitrogens with zero attached hydrogens (tertiary/aromatic N) is 2. The number of aromatic nitrogens is 2. The minimum Gasteiger partial charge on any atom is -0.317 e. The molecule has 0 spiro atoms. The summed E-state index contributed by atoms with van der Waals surface area (Å²) in [6.45, 7) is 2.20. The Bertz CT molecular complexity index is 475. The van der Waals surface area contributed by atoms with Crippen molar-refractivity contribution in [2.45, 2.75) is 18.9 Å². The summed E-state index contributed by atoms with van der Waals surface area (Å²) in [7, 11) is 0. The molecule has 0 amide bonds. The number of hydrogen-bond donors (Lipinski definition) is 1. The van der Waals surface area contributed by atoms with Crippen LogP contribution in [0.4, 0.5) is 0 Å². The topological polar surface area (TPSA) is 29.9 Å². The van der Waals surface area contributed by atoms with Crippen molar-refractivity contribution in [1.82, 2.24) is 15.1 Å². The molecule has 0 atom stereocenters. The predicted molar refractivity (Wildman–Crippen MR) is 76.1 cm³/mol. The van der Waals surface area contributed by atoms with Crippen molar-refractivity contribution in [2.24, 2.45) is 0 Å². The molecule has 2 heterocycles. The Morgan fingerprint density at radius 2 is 1.78 bits per heavy atom. The molecule has 1 saturated heterocycles. The summed E-state index contributed by atoms with van der Waals surface area (Å²) in [5, 5.41) is 7.89. The van der Waals surface area contributed by atoms with Crippen LogP contribution in [0.3, 0.4) is 0 Å². The first-order valence-corrected chi connectivity index (χ1v) is 6.24. The Morgan fingerprint density at radius 1 is 1.06 bits per heavy atom. The van der Waals surface area contributed by atoms with Crippen molar-refractivity contribution in [1.29, 1.82) is 0 Å². The number of benzene rings is 1. The van der Waals surface area contributed by atoms with Gasteiger partial charge in [-0.1, -0.05) is 30.3 Å². The standard InChI is InChI=1S/C14H17N3.ClH/c1-2-4-12(5-3-1)13-10-16-17(11-13)14-6-8-15-9-7-14;/h1-5,10-11,14-15H,6-9H2;1H. The smallest absolute Gasteiger partial charge is 0.0568 e. The van der Waals surface area contributed by atoms with E-state index in [0.717, 1.165) is 13.1 Å². The minimum atomic E-state index is 0. The molecule has 2 aromatic rings. The number of nitrogens with one attached hydrogen (secondary N) is 1. The number of rotatable bonds is 2. The van der Waals surface area contributed by atoms with Crippen molar-refractivity contribution >= 4 is 12.4 Å². The third kappa shape index (κ3) is 2.74. The highest BCUT2D eigenvalue weighted by Gasteiger charge is 2.15. The highest BCUT2D eigenvalue weighted by Crippen LogP contribution is 2.22. The molecule has 0 saturated carbocycles. The summed E-state index contributed by atoms with van der Waals surface area (Å²) in [6.07, 6.45) is 6.49. The fraction of sp³-hybridized carbons (Fsp3) is 0.357. The van der Waals surface area contributed by atoms with Gasteiger partial charge < -0.3 is 5.32 Å². The molecule has 1 aliphatic rings. The number of piperidine rings is 1. The maximum Gasteiger partial charge on any atom is 0.0568 e. The highest BCUT2D eigenvalue weighted by molar-refractivity contribution is 5.85. The van der Waals surface area contributed by atoms with E-state index in [2.05, 4.69) is 45.6 Å². The van der Waals surface area contributed by atoms with E-state index in [4.69, 9.17) is 0 Å². The molecule has 1 fully saturated rings. The maximum atomic E-state index is 4.51. The molecule has 1 aliphatic heterocycles. The minimum absolute atomic E-state index is 0. The molecule has 3 rings (SSSR count). The normalized spacial score (nSPS) is 16.2. The van der Waals surface area contributed by atoms with E-state index in [-0.39, 0.29) is 12.4 Å². The van der Waals surface area contributed by atoms with E-state index >= 15 is 0 Å². The molecule has 4 heteroatoms. The van der Waals surface area contributed by atoms with Crippen LogP contribution in [0.1, 0.15) is 18.9 Å². The Kier molecular flexibility index (Phi) is 4.39. The van der Waals surface area contributed by atoms with E-state index < -0.39 is 0 Å². The maximum absolute atomic E-state index is 4.51. The van der Waals surface area contributed by atoms with Gasteiger partial charge >= 0.3 is 0 Å². The lowest BCUT2D eigenvalue weighted by Gasteiger charge is -2.22. The second-order valence-corrected chi connectivity index (χ2v) is 4.56. The first-order valence-electron chi connectivity index (χ1n) is 6.24. The molecule has 0 aliphatic carbocycles. The van der Waals surface area contributed by atoms with Crippen molar-refractivity contribution in [3.63, 3.8) is 0 Å². The Balaban J connectivity index is 0.00000120. The SMILES string of the molecule is Cl.c1ccc(-c2cnn(C3CCNCC3)c2)cc1. The van der Waals surface area contributed by atoms with Crippen molar-refractivity contribution in [2.75, 3.05) is 13.1 Å². The van der Waals surface area contributed by atoms with Gasteiger partial charge in [-0.25, -0.2) is 0 Å². The van der Waals surface area contributed by atoms with Crippen LogP contribution in [0.25, 0.3) is 11.1 Å². The largest absolute Gasteiger partial charge is 0.317 e. The monoisotopic (exact) mass is 263 g/mol. The molecule has 0 unspecified atom stereocenters. The lowest BCUT2D eigenvalue weighted by molar-refractivity contribution is 0.343. The average molecular weight is 264 g/mol. The molecule has 0 bridgehead atoms. The van der Waals surface area contributed by atoms with Crippen LogP contribution in [-0.4, -0.2) is 22.9 Å². The van der Waals surface area contributed by atoms with Crippen LogP contribution >= 0.6 is 12.4 Å². The van der Waals surface area contributed by atoms with Gasteiger partial charge in [0.15, 0.2) is 0 Å². The van der Waals surface area contributed by atoms with Gasteiger partial charge in [-0.15, -0.1) is 12.4 Å². The Hall–Kier alpha value is -1.32. The predicted octanol–water partition coefficient (Wildman–Crippen LogP) is 2.90. The van der Waals surface area contributed by atoms with E-state index in [1.807, 2.05) is 12.3 Å². The van der Waals surface area contributed by atoms with Gasteiger partial charge in [-0.05, 0) is 31.5 Å². The van der Waals surface area contributed by atoms with Crippen LogP contribution in [-0.2, 0) is 0 Å². The quantitative estimate of drug-likeness (QED) is 0.903. The summed E-state index contributed by atoms with van der Waals surface area (Å²) >= 11 is 0. The molecule has 1 N–H and O–H groups in total. The van der Waals surface area contributed by atoms with Crippen LogP contribution in [0, 0.1) is 0 Å². The molecule has 18 heavy (non-hydrogen) atoms. The van der Waals surface area contributed by atoms with Gasteiger partial charge in [0.1, 0.15) is 0 Å². The third-order valence-electron chi connectivity index (χ3n) is 3.39. The molecule has 1 aromatic heterocycles. The summed E-state index contributed by atoms with van der Waals surface area (Å²) < 4.78 is 2.13. The second kappa shape index (κ2) is 6.03. The fourth-order valence-electron chi connectivity index (χ4n) is 2.39. The van der Waals surface area contributed by atoms with E-state index in [1.54, 1.807) is 0 Å². The molecule has 3 nitrogen and oxygen atoms in total. The molecular weight excluding hydrogens is 246 g/mol. The van der Waals surface area contributed by atoms with Crippen LogP contribution in [0.5, 0.6) is 0 Å². The van der Waals surface area contributed by atoms with E-state index in [9.17, 15) is 0 Å². The van der Waals surface area contributed by atoms with Gasteiger partial charge in [0.2, 0.25) is 0 Å². The van der Waals surface area contributed by atoms with Gasteiger partial charge in [-0.2, -0.15) is 5.10 Å². The van der Waals surface area contributed by atoms with Crippen LogP contribution < -0.4 is 5.32 Å². The zero-order valence-corrected chi connectivity index (χ0v) is 11.1. The van der Waals surface area contributed by atoms with Crippen molar-refractivity contribution in [3.8, 4) is 11.1 Å². The summed E-state index contributed by atoms with van der Waals surface area (Å²) in [5.41, 5.74) is 2.46. The molecular formula is C14H18ClN3. The fourth-order valence-corrected chi connectivity index (χ4v) is 2.39.